The van der Waals surface area contributed by atoms with Gasteiger partial charge in [-0.15, -0.1) is 0 Å². The van der Waals surface area contributed by atoms with Crippen molar-refractivity contribution in [2.75, 3.05) is 0 Å². The SMILES string of the molecule is c1ccc2c(-c3cccc4c(-c5cccc6ccccc56)c5cccc(-c6cccc7ccccc67)c5cc34)cccc2c1. The van der Waals surface area contributed by atoms with Gasteiger partial charge in [-0.25, -0.2) is 0 Å². The van der Waals surface area contributed by atoms with E-state index >= 15 is 0 Å². The van der Waals surface area contributed by atoms with E-state index in [1.54, 1.807) is 0 Å². The molecule has 0 heteroatoms. The van der Waals surface area contributed by atoms with Crippen LogP contribution in [0.15, 0.2) is 170 Å². The molecule has 44 heavy (non-hydrogen) atoms. The average Bonchev–Trinajstić information content (AvgIpc) is 3.09. The van der Waals surface area contributed by atoms with E-state index < -0.39 is 0 Å². The van der Waals surface area contributed by atoms with E-state index in [2.05, 4.69) is 170 Å². The highest BCUT2D eigenvalue weighted by Gasteiger charge is 2.18. The average molecular weight is 557 g/mol. The lowest BCUT2D eigenvalue weighted by molar-refractivity contribution is 1.67. The monoisotopic (exact) mass is 556 g/mol. The lowest BCUT2D eigenvalue weighted by Crippen LogP contribution is -1.92. The summed E-state index contributed by atoms with van der Waals surface area (Å²) in [4.78, 5) is 0. The van der Waals surface area contributed by atoms with Crippen LogP contribution in [-0.4, -0.2) is 0 Å². The molecule has 204 valence electrons. The van der Waals surface area contributed by atoms with Crippen molar-refractivity contribution in [3.05, 3.63) is 170 Å². The van der Waals surface area contributed by atoms with Gasteiger partial charge in [0.2, 0.25) is 0 Å². The Balaban J connectivity index is 1.48. The quantitative estimate of drug-likeness (QED) is 0.190. The molecule has 9 aromatic carbocycles. The van der Waals surface area contributed by atoms with Gasteiger partial charge < -0.3 is 0 Å². The van der Waals surface area contributed by atoms with Gasteiger partial charge in [-0.3, -0.25) is 0 Å². The van der Waals surface area contributed by atoms with Gasteiger partial charge in [0.05, 0.1) is 0 Å². The van der Waals surface area contributed by atoms with Gasteiger partial charge in [0.15, 0.2) is 0 Å². The second kappa shape index (κ2) is 9.93. The zero-order valence-electron chi connectivity index (χ0n) is 24.2. The Hall–Kier alpha value is -5.72. The van der Waals surface area contributed by atoms with Crippen LogP contribution in [0.3, 0.4) is 0 Å². The van der Waals surface area contributed by atoms with Crippen LogP contribution >= 0.6 is 0 Å². The Labute approximate surface area is 256 Å². The van der Waals surface area contributed by atoms with Gasteiger partial charge in [-0.2, -0.15) is 0 Å². The van der Waals surface area contributed by atoms with Gasteiger partial charge in [0, 0.05) is 0 Å². The van der Waals surface area contributed by atoms with E-state index in [-0.39, 0.29) is 0 Å². The minimum absolute atomic E-state index is 1.26. The molecule has 0 heterocycles. The van der Waals surface area contributed by atoms with Crippen molar-refractivity contribution in [2.45, 2.75) is 0 Å². The number of rotatable bonds is 3. The fourth-order valence-electron chi connectivity index (χ4n) is 7.29. The van der Waals surface area contributed by atoms with Gasteiger partial charge in [-0.05, 0) is 93.3 Å². The summed E-state index contributed by atoms with van der Waals surface area (Å²) in [6, 6.07) is 62.4. The summed E-state index contributed by atoms with van der Waals surface area (Å²) in [6.07, 6.45) is 0. The van der Waals surface area contributed by atoms with Crippen molar-refractivity contribution in [1.29, 1.82) is 0 Å². The maximum absolute atomic E-state index is 2.45. The molecule has 9 aromatic rings. The molecular weight excluding hydrogens is 528 g/mol. The zero-order chi connectivity index (χ0) is 29.0. The Morgan fingerprint density at radius 1 is 0.205 bits per heavy atom. The third kappa shape index (κ3) is 3.78. The Bertz CT molecular complexity index is 2400. The van der Waals surface area contributed by atoms with E-state index in [0.717, 1.165) is 0 Å². The fourth-order valence-corrected chi connectivity index (χ4v) is 7.29. The van der Waals surface area contributed by atoms with Gasteiger partial charge in [0.1, 0.15) is 0 Å². The molecule has 0 bridgehead atoms. The van der Waals surface area contributed by atoms with Gasteiger partial charge in [0.25, 0.3) is 0 Å². The van der Waals surface area contributed by atoms with Crippen LogP contribution in [-0.2, 0) is 0 Å². The van der Waals surface area contributed by atoms with Crippen LogP contribution < -0.4 is 0 Å². The molecule has 0 aliphatic heterocycles. The molecule has 9 rings (SSSR count). The molecular formula is C44H28. The second-order valence-electron chi connectivity index (χ2n) is 11.6. The number of benzene rings is 9. The van der Waals surface area contributed by atoms with Crippen LogP contribution in [0, 0.1) is 0 Å². The van der Waals surface area contributed by atoms with Crippen molar-refractivity contribution >= 4 is 53.9 Å². The van der Waals surface area contributed by atoms with Crippen molar-refractivity contribution < 1.29 is 0 Å². The molecule has 0 fully saturated rings. The molecule has 0 N–H and O–H groups in total. The third-order valence-corrected chi connectivity index (χ3v) is 9.26. The van der Waals surface area contributed by atoms with E-state index in [1.165, 1.54) is 87.2 Å². The van der Waals surface area contributed by atoms with Crippen molar-refractivity contribution in [3.8, 4) is 33.4 Å². The summed E-state index contributed by atoms with van der Waals surface area (Å²) in [5.41, 5.74) is 7.60. The fraction of sp³-hybridized carbons (Fsp3) is 0. The molecule has 0 radical (unpaired) electrons. The molecule has 0 saturated carbocycles. The smallest absolute Gasteiger partial charge is 0.00201 e. The van der Waals surface area contributed by atoms with Crippen LogP contribution in [0.4, 0.5) is 0 Å². The third-order valence-electron chi connectivity index (χ3n) is 9.26. The highest BCUT2D eigenvalue weighted by molar-refractivity contribution is 6.23. The van der Waals surface area contributed by atoms with Crippen LogP contribution in [0.25, 0.3) is 87.2 Å². The standard InChI is InChI=1S/C44H28/c1-4-18-32-29(12-1)15-7-21-35(32)37-23-10-26-40-42(37)28-43-38(36-22-8-16-30-13-2-5-19-33(30)36)24-11-27-41(43)44(40)39-25-9-17-31-14-3-6-20-34(31)39/h1-28H. The van der Waals surface area contributed by atoms with Crippen LogP contribution in [0.2, 0.25) is 0 Å². The highest BCUT2D eigenvalue weighted by atomic mass is 14.2. The molecule has 0 amide bonds. The van der Waals surface area contributed by atoms with Crippen molar-refractivity contribution in [1.82, 2.24) is 0 Å². The maximum atomic E-state index is 2.45. The van der Waals surface area contributed by atoms with E-state index in [1.807, 2.05) is 0 Å². The Morgan fingerprint density at radius 2 is 0.500 bits per heavy atom. The van der Waals surface area contributed by atoms with E-state index in [0.29, 0.717) is 0 Å². The minimum Gasteiger partial charge on any atom is -0.0616 e. The molecule has 0 saturated heterocycles. The van der Waals surface area contributed by atoms with Gasteiger partial charge >= 0.3 is 0 Å². The summed E-state index contributed by atoms with van der Waals surface area (Å²) in [5, 5.41) is 12.7. The molecule has 0 aliphatic rings. The Kier molecular flexibility index (Phi) is 5.61. The first-order valence-electron chi connectivity index (χ1n) is 15.3. The molecule has 0 nitrogen and oxygen atoms in total. The first kappa shape index (κ1) is 24.8. The minimum atomic E-state index is 1.26. The summed E-state index contributed by atoms with van der Waals surface area (Å²) in [7, 11) is 0. The molecule has 0 aliphatic carbocycles. The maximum Gasteiger partial charge on any atom is -0.00201 e. The first-order valence-corrected chi connectivity index (χ1v) is 15.3. The van der Waals surface area contributed by atoms with Crippen LogP contribution in [0.1, 0.15) is 0 Å². The highest BCUT2D eigenvalue weighted by Crippen LogP contribution is 2.46. The van der Waals surface area contributed by atoms with E-state index in [9.17, 15) is 0 Å². The zero-order valence-corrected chi connectivity index (χ0v) is 24.2. The molecule has 0 spiro atoms. The van der Waals surface area contributed by atoms with Gasteiger partial charge in [-0.1, -0.05) is 164 Å². The molecule has 0 atom stereocenters. The summed E-state index contributed by atoms with van der Waals surface area (Å²) in [6.45, 7) is 0. The summed E-state index contributed by atoms with van der Waals surface area (Å²) >= 11 is 0. The lowest BCUT2D eigenvalue weighted by atomic mass is 9.84. The summed E-state index contributed by atoms with van der Waals surface area (Å²) in [5.74, 6) is 0. The van der Waals surface area contributed by atoms with Crippen molar-refractivity contribution in [2.24, 2.45) is 0 Å². The number of fused-ring (bicyclic) bond motifs is 5. The van der Waals surface area contributed by atoms with Crippen LogP contribution in [0.5, 0.6) is 0 Å². The lowest BCUT2D eigenvalue weighted by Gasteiger charge is -2.19. The van der Waals surface area contributed by atoms with E-state index in [4.69, 9.17) is 0 Å². The second-order valence-corrected chi connectivity index (χ2v) is 11.6. The summed E-state index contributed by atoms with van der Waals surface area (Å²) < 4.78 is 0. The number of hydrogen-bond acceptors (Lipinski definition) is 0. The topological polar surface area (TPSA) is 0 Å². The normalized spacial score (nSPS) is 11.6. The molecule has 0 aromatic heterocycles. The predicted octanol–water partition coefficient (Wildman–Crippen LogP) is 12.5. The first-order chi connectivity index (χ1) is 21.8. The Morgan fingerprint density at radius 3 is 0.955 bits per heavy atom. The largest absolute Gasteiger partial charge is 0.0616 e. The number of hydrogen-bond donors (Lipinski definition) is 0. The molecule has 0 unspecified atom stereocenters. The predicted molar refractivity (Wildman–Crippen MR) is 190 cm³/mol. The van der Waals surface area contributed by atoms with Crippen molar-refractivity contribution in [3.63, 3.8) is 0 Å².